The van der Waals surface area contributed by atoms with Crippen molar-refractivity contribution in [1.82, 2.24) is 25.2 Å². The van der Waals surface area contributed by atoms with E-state index in [0.29, 0.717) is 23.9 Å². The number of nitrogens with zero attached hydrogens (tertiary/aromatic N) is 5. The van der Waals surface area contributed by atoms with Crippen LogP contribution in [0.15, 0.2) is 0 Å². The summed E-state index contributed by atoms with van der Waals surface area (Å²) in [5.41, 5.74) is 0. The van der Waals surface area contributed by atoms with Gasteiger partial charge in [-0.05, 0) is 51.5 Å². The van der Waals surface area contributed by atoms with E-state index in [2.05, 4.69) is 42.8 Å². The molecule has 3 fully saturated rings. The first-order chi connectivity index (χ1) is 15.6. The predicted octanol–water partition coefficient (Wildman–Crippen LogP) is 2.33. The van der Waals surface area contributed by atoms with Gasteiger partial charge in [-0.1, -0.05) is 19.3 Å². The molecule has 1 aliphatic heterocycles. The Hall–Kier alpha value is -2.16. The molecule has 178 valence electrons. The zero-order chi connectivity index (χ0) is 22.3. The van der Waals surface area contributed by atoms with Crippen LogP contribution in [0.4, 0.5) is 17.8 Å². The summed E-state index contributed by atoms with van der Waals surface area (Å²) in [6.45, 7) is 4.73. The SMILES string of the molecule is CNc1nc(NC2CCC(C(=O)NCC3CCCCC3)CC2)nc(N2CCN(C)CC2)n1. The minimum absolute atomic E-state index is 0.142. The topological polar surface area (TPSA) is 98.3 Å². The number of piperazine rings is 1. The van der Waals surface area contributed by atoms with Gasteiger partial charge in [-0.2, -0.15) is 15.0 Å². The molecule has 0 atom stereocenters. The van der Waals surface area contributed by atoms with Crippen molar-refractivity contribution in [1.29, 1.82) is 0 Å². The molecular weight excluding hydrogens is 404 g/mol. The quantitative estimate of drug-likeness (QED) is 0.589. The van der Waals surface area contributed by atoms with Crippen LogP contribution in [0.25, 0.3) is 0 Å². The zero-order valence-corrected chi connectivity index (χ0v) is 19.8. The van der Waals surface area contributed by atoms with Crippen LogP contribution >= 0.6 is 0 Å². The van der Waals surface area contributed by atoms with Crippen LogP contribution in [0.3, 0.4) is 0 Å². The number of aromatic nitrogens is 3. The van der Waals surface area contributed by atoms with Crippen molar-refractivity contribution in [3.8, 4) is 0 Å². The highest BCUT2D eigenvalue weighted by Crippen LogP contribution is 2.28. The average Bonchev–Trinajstić information content (AvgIpc) is 2.84. The van der Waals surface area contributed by atoms with E-state index >= 15 is 0 Å². The third-order valence-corrected chi connectivity index (χ3v) is 7.35. The molecule has 0 radical (unpaired) electrons. The fourth-order valence-electron chi connectivity index (χ4n) is 5.15. The first-order valence-electron chi connectivity index (χ1n) is 12.5. The highest BCUT2D eigenvalue weighted by molar-refractivity contribution is 5.78. The lowest BCUT2D eigenvalue weighted by atomic mass is 9.85. The fraction of sp³-hybridized carbons (Fsp3) is 0.826. The van der Waals surface area contributed by atoms with Crippen LogP contribution in [0, 0.1) is 11.8 Å². The third-order valence-electron chi connectivity index (χ3n) is 7.35. The van der Waals surface area contributed by atoms with E-state index in [1.54, 1.807) is 0 Å². The van der Waals surface area contributed by atoms with E-state index in [9.17, 15) is 4.79 Å². The highest BCUT2D eigenvalue weighted by Gasteiger charge is 2.28. The number of carbonyl (C=O) groups excluding carboxylic acids is 1. The molecule has 2 aliphatic carbocycles. The summed E-state index contributed by atoms with van der Waals surface area (Å²) in [4.78, 5) is 31.0. The zero-order valence-electron chi connectivity index (χ0n) is 19.8. The standard InChI is InChI=1S/C23H40N8O/c1-24-21-27-22(29-23(28-21)31-14-12-30(2)13-15-31)26-19-10-8-18(9-11-19)20(32)25-16-17-6-4-3-5-7-17/h17-19H,3-16H2,1-2H3,(H,25,32)(H2,24,26,27,28,29). The second-order valence-corrected chi connectivity index (χ2v) is 9.77. The van der Waals surface area contributed by atoms with Gasteiger partial charge >= 0.3 is 0 Å². The molecule has 1 saturated heterocycles. The molecule has 1 aromatic rings. The summed E-state index contributed by atoms with van der Waals surface area (Å²) in [6, 6.07) is 0.296. The first-order valence-corrected chi connectivity index (χ1v) is 12.5. The molecule has 9 nitrogen and oxygen atoms in total. The fourth-order valence-corrected chi connectivity index (χ4v) is 5.15. The molecule has 0 spiro atoms. The predicted molar refractivity (Wildman–Crippen MR) is 128 cm³/mol. The van der Waals surface area contributed by atoms with Gasteiger partial charge < -0.3 is 25.8 Å². The number of hydrogen-bond acceptors (Lipinski definition) is 8. The van der Waals surface area contributed by atoms with Gasteiger partial charge in [0.25, 0.3) is 0 Å². The molecule has 2 heterocycles. The molecule has 1 amide bonds. The Morgan fingerprint density at radius 3 is 2.28 bits per heavy atom. The van der Waals surface area contributed by atoms with Crippen LogP contribution in [0.1, 0.15) is 57.8 Å². The minimum atomic E-state index is 0.142. The van der Waals surface area contributed by atoms with Gasteiger partial charge in [0, 0.05) is 51.7 Å². The summed E-state index contributed by atoms with van der Waals surface area (Å²) in [6.07, 6.45) is 10.3. The lowest BCUT2D eigenvalue weighted by molar-refractivity contribution is -0.126. The molecule has 1 aromatic heterocycles. The van der Waals surface area contributed by atoms with E-state index < -0.39 is 0 Å². The second kappa shape index (κ2) is 11.1. The molecule has 0 aromatic carbocycles. The van der Waals surface area contributed by atoms with E-state index in [1.807, 2.05) is 7.05 Å². The van der Waals surface area contributed by atoms with E-state index in [-0.39, 0.29) is 11.8 Å². The summed E-state index contributed by atoms with van der Waals surface area (Å²) in [7, 11) is 3.98. The summed E-state index contributed by atoms with van der Waals surface area (Å²) in [5, 5.41) is 9.82. The second-order valence-electron chi connectivity index (χ2n) is 9.77. The van der Waals surface area contributed by atoms with Gasteiger partial charge in [0.2, 0.25) is 23.8 Å². The van der Waals surface area contributed by atoms with Crippen LogP contribution in [-0.4, -0.2) is 78.6 Å². The summed E-state index contributed by atoms with van der Waals surface area (Å²) in [5.74, 6) is 3.03. The van der Waals surface area contributed by atoms with Crippen molar-refractivity contribution in [3.05, 3.63) is 0 Å². The molecule has 0 unspecified atom stereocenters. The Kier molecular flexibility index (Phi) is 8.00. The Morgan fingerprint density at radius 1 is 0.906 bits per heavy atom. The molecule has 3 N–H and O–H groups in total. The van der Waals surface area contributed by atoms with Crippen LogP contribution in [0.2, 0.25) is 0 Å². The monoisotopic (exact) mass is 444 g/mol. The van der Waals surface area contributed by atoms with Crippen molar-refractivity contribution in [2.45, 2.75) is 63.8 Å². The van der Waals surface area contributed by atoms with E-state index in [1.165, 1.54) is 32.1 Å². The van der Waals surface area contributed by atoms with Crippen molar-refractivity contribution < 1.29 is 4.79 Å². The molecule has 32 heavy (non-hydrogen) atoms. The maximum Gasteiger partial charge on any atom is 0.232 e. The Morgan fingerprint density at radius 2 is 1.59 bits per heavy atom. The van der Waals surface area contributed by atoms with Crippen molar-refractivity contribution >= 4 is 23.8 Å². The Bertz CT molecular complexity index is 738. The van der Waals surface area contributed by atoms with Gasteiger partial charge in [0.1, 0.15) is 0 Å². The molecule has 2 saturated carbocycles. The highest BCUT2D eigenvalue weighted by atomic mass is 16.1. The van der Waals surface area contributed by atoms with Crippen LogP contribution in [0.5, 0.6) is 0 Å². The number of nitrogens with one attached hydrogen (secondary N) is 3. The van der Waals surface area contributed by atoms with E-state index in [4.69, 9.17) is 4.98 Å². The summed E-state index contributed by atoms with van der Waals surface area (Å²) < 4.78 is 0. The lowest BCUT2D eigenvalue weighted by Crippen LogP contribution is -2.45. The first kappa shape index (κ1) is 23.0. The van der Waals surface area contributed by atoms with Gasteiger partial charge in [-0.15, -0.1) is 0 Å². The average molecular weight is 445 g/mol. The number of rotatable bonds is 7. The van der Waals surface area contributed by atoms with Gasteiger partial charge in [-0.3, -0.25) is 4.79 Å². The largest absolute Gasteiger partial charge is 0.357 e. The molecule has 9 heteroatoms. The van der Waals surface area contributed by atoms with Gasteiger partial charge in [0.15, 0.2) is 0 Å². The van der Waals surface area contributed by atoms with Crippen LogP contribution < -0.4 is 20.9 Å². The molecule has 3 aliphatic rings. The van der Waals surface area contributed by atoms with Gasteiger partial charge in [0.05, 0.1) is 0 Å². The minimum Gasteiger partial charge on any atom is -0.357 e. The number of anilines is 3. The van der Waals surface area contributed by atoms with E-state index in [0.717, 1.165) is 64.4 Å². The number of carbonyl (C=O) groups is 1. The molecular formula is C23H40N8O. The number of amides is 1. The van der Waals surface area contributed by atoms with Crippen molar-refractivity contribution in [2.75, 3.05) is 62.4 Å². The third kappa shape index (κ3) is 6.21. The number of hydrogen-bond donors (Lipinski definition) is 3. The van der Waals surface area contributed by atoms with Crippen molar-refractivity contribution in [2.24, 2.45) is 11.8 Å². The Balaban J connectivity index is 1.27. The summed E-state index contributed by atoms with van der Waals surface area (Å²) >= 11 is 0. The number of likely N-dealkylation sites (N-methyl/N-ethyl adjacent to an activating group) is 1. The normalized spacial score (nSPS) is 25.4. The lowest BCUT2D eigenvalue weighted by Gasteiger charge is -2.33. The smallest absolute Gasteiger partial charge is 0.232 e. The molecule has 0 bridgehead atoms. The molecule has 4 rings (SSSR count). The van der Waals surface area contributed by atoms with Gasteiger partial charge in [-0.25, -0.2) is 0 Å². The van der Waals surface area contributed by atoms with Crippen LogP contribution in [-0.2, 0) is 4.79 Å². The maximum absolute atomic E-state index is 12.7. The maximum atomic E-state index is 12.7. The Labute approximate surface area is 192 Å². The van der Waals surface area contributed by atoms with Crippen molar-refractivity contribution in [3.63, 3.8) is 0 Å².